The van der Waals surface area contributed by atoms with Gasteiger partial charge in [-0.3, -0.25) is 4.79 Å². The highest BCUT2D eigenvalue weighted by Crippen LogP contribution is 2.32. The van der Waals surface area contributed by atoms with Gasteiger partial charge in [0.15, 0.2) is 11.5 Å². The monoisotopic (exact) mass is 412 g/mol. The van der Waals surface area contributed by atoms with Gasteiger partial charge in [0.2, 0.25) is 11.8 Å². The van der Waals surface area contributed by atoms with E-state index in [-0.39, 0.29) is 12.0 Å². The second-order valence-corrected chi connectivity index (χ2v) is 7.47. The molecule has 1 saturated heterocycles. The molecule has 1 fully saturated rings. The summed E-state index contributed by atoms with van der Waals surface area (Å²) in [5.41, 5.74) is 0.844. The molecule has 7 heteroatoms. The summed E-state index contributed by atoms with van der Waals surface area (Å²) in [6.07, 6.45) is 5.23. The quantitative estimate of drug-likeness (QED) is 0.768. The number of carbonyl (C=O) groups excluding carboxylic acids is 1. The van der Waals surface area contributed by atoms with Crippen LogP contribution in [0.15, 0.2) is 42.6 Å². The van der Waals surface area contributed by atoms with Crippen molar-refractivity contribution in [3.63, 3.8) is 0 Å². The Labute approximate surface area is 176 Å². The van der Waals surface area contributed by atoms with Crippen LogP contribution in [0.2, 0.25) is 0 Å². The molecule has 0 saturated carbocycles. The molecule has 0 aliphatic carbocycles. The number of carbonyl (C=O) groups is 1. The molecule has 2 aliphatic heterocycles. The third kappa shape index (κ3) is 5.49. The summed E-state index contributed by atoms with van der Waals surface area (Å²) in [6.45, 7) is 3.02. The summed E-state index contributed by atoms with van der Waals surface area (Å²) < 4.78 is 23.3. The van der Waals surface area contributed by atoms with Gasteiger partial charge in [0.1, 0.15) is 6.61 Å². The molecule has 0 radical (unpaired) electrons. The predicted molar refractivity (Wildman–Crippen MR) is 111 cm³/mol. The summed E-state index contributed by atoms with van der Waals surface area (Å²) in [7, 11) is 0. The van der Waals surface area contributed by atoms with Gasteiger partial charge in [0.25, 0.3) is 0 Å². The van der Waals surface area contributed by atoms with Crippen LogP contribution < -0.4 is 9.47 Å². The number of hydrogen-bond acceptors (Lipinski definition) is 6. The van der Waals surface area contributed by atoms with Crippen LogP contribution >= 0.6 is 0 Å². The van der Waals surface area contributed by atoms with Crippen LogP contribution in [0.3, 0.4) is 0 Å². The van der Waals surface area contributed by atoms with Crippen LogP contribution in [0.4, 0.5) is 0 Å². The first-order valence-electron chi connectivity index (χ1n) is 10.6. The molecule has 1 atom stereocenters. The first kappa shape index (κ1) is 20.6. The van der Waals surface area contributed by atoms with E-state index >= 15 is 0 Å². The highest BCUT2D eigenvalue weighted by molar-refractivity contribution is 5.76. The van der Waals surface area contributed by atoms with E-state index in [9.17, 15) is 4.79 Å². The van der Waals surface area contributed by atoms with E-state index in [2.05, 4.69) is 4.98 Å². The number of amides is 1. The molecule has 1 amide bonds. The number of ether oxygens (including phenoxy) is 4. The summed E-state index contributed by atoms with van der Waals surface area (Å²) in [6, 6.07) is 11.3. The topological polar surface area (TPSA) is 70.1 Å². The zero-order valence-electron chi connectivity index (χ0n) is 17.1. The molecule has 1 unspecified atom stereocenters. The Hall–Kier alpha value is -2.64. The number of rotatable bonds is 3. The number of hydrogen-bond donors (Lipinski definition) is 0. The zero-order valence-corrected chi connectivity index (χ0v) is 17.1. The van der Waals surface area contributed by atoms with Crippen molar-refractivity contribution >= 4 is 5.91 Å². The number of nitrogens with zero attached hydrogens (tertiary/aromatic N) is 2. The van der Waals surface area contributed by atoms with Crippen LogP contribution in [0, 0.1) is 0 Å². The average molecular weight is 412 g/mol. The maximum absolute atomic E-state index is 13.0. The van der Waals surface area contributed by atoms with E-state index in [1.54, 1.807) is 6.20 Å². The highest BCUT2D eigenvalue weighted by Gasteiger charge is 2.21. The number of aromatic nitrogens is 1. The lowest BCUT2D eigenvalue weighted by Gasteiger charge is -2.24. The fourth-order valence-corrected chi connectivity index (χ4v) is 3.69. The SMILES string of the molecule is O=C(CCC1CCCO1)N1CCOCCOc2ccccc2Oc2ncccc2C1. The standard InChI is InChI=1S/C23H28N2O5/c26-22(10-9-19-6-4-13-28-19)25-12-14-27-15-16-29-20-7-1-2-8-21(20)30-23-18(17-25)5-3-11-24-23/h1-3,5,7-8,11,19H,4,6,9-10,12-17H2. The largest absolute Gasteiger partial charge is 0.487 e. The van der Waals surface area contributed by atoms with Gasteiger partial charge in [0, 0.05) is 31.3 Å². The Morgan fingerprint density at radius 3 is 2.83 bits per heavy atom. The Kier molecular flexibility index (Phi) is 7.16. The minimum atomic E-state index is 0.0930. The number of pyridine rings is 1. The van der Waals surface area contributed by atoms with Gasteiger partial charge >= 0.3 is 0 Å². The summed E-state index contributed by atoms with van der Waals surface area (Å²) in [5, 5.41) is 0. The molecule has 1 aromatic heterocycles. The van der Waals surface area contributed by atoms with Gasteiger partial charge < -0.3 is 23.8 Å². The van der Waals surface area contributed by atoms with E-state index < -0.39 is 0 Å². The molecular formula is C23H28N2O5. The Morgan fingerprint density at radius 2 is 1.97 bits per heavy atom. The molecule has 30 heavy (non-hydrogen) atoms. The maximum Gasteiger partial charge on any atom is 0.224 e. The molecule has 3 heterocycles. The average Bonchev–Trinajstić information content (AvgIpc) is 3.29. The first-order valence-corrected chi connectivity index (χ1v) is 10.6. The van der Waals surface area contributed by atoms with Crippen LogP contribution in [-0.2, 0) is 20.8 Å². The van der Waals surface area contributed by atoms with Crippen LogP contribution in [0.25, 0.3) is 0 Å². The van der Waals surface area contributed by atoms with Crippen LogP contribution in [-0.4, -0.2) is 54.9 Å². The predicted octanol–water partition coefficient (Wildman–Crippen LogP) is 3.57. The fourth-order valence-electron chi connectivity index (χ4n) is 3.69. The lowest BCUT2D eigenvalue weighted by atomic mass is 10.1. The molecule has 160 valence electrons. The second-order valence-electron chi connectivity index (χ2n) is 7.47. The third-order valence-electron chi connectivity index (χ3n) is 5.31. The first-order chi connectivity index (χ1) is 14.8. The lowest BCUT2D eigenvalue weighted by Crippen LogP contribution is -2.34. The van der Waals surface area contributed by atoms with E-state index in [0.29, 0.717) is 56.7 Å². The van der Waals surface area contributed by atoms with Crippen molar-refractivity contribution in [2.24, 2.45) is 0 Å². The summed E-state index contributed by atoms with van der Waals surface area (Å²) in [4.78, 5) is 19.2. The molecule has 2 aromatic rings. The van der Waals surface area contributed by atoms with Gasteiger partial charge in [-0.25, -0.2) is 4.98 Å². The number of benzene rings is 1. The number of fused-ring (bicyclic) bond motifs is 2. The Balaban J connectivity index is 1.52. The van der Waals surface area contributed by atoms with Gasteiger partial charge in [-0.05, 0) is 37.5 Å². The third-order valence-corrected chi connectivity index (χ3v) is 5.31. The van der Waals surface area contributed by atoms with E-state index in [1.165, 1.54) is 0 Å². The molecule has 4 rings (SSSR count). The fraction of sp³-hybridized carbons (Fsp3) is 0.478. The summed E-state index contributed by atoms with van der Waals surface area (Å²) >= 11 is 0. The van der Waals surface area contributed by atoms with Crippen molar-refractivity contribution in [1.29, 1.82) is 0 Å². The molecular weight excluding hydrogens is 384 g/mol. The number of para-hydroxylation sites is 2. The molecule has 0 bridgehead atoms. The lowest BCUT2D eigenvalue weighted by molar-refractivity contribution is -0.133. The van der Waals surface area contributed by atoms with Gasteiger partial charge in [0.05, 0.1) is 25.9 Å². The Bertz CT molecular complexity index is 838. The second kappa shape index (κ2) is 10.4. The van der Waals surface area contributed by atoms with Crippen molar-refractivity contribution in [3.8, 4) is 17.4 Å². The van der Waals surface area contributed by atoms with Gasteiger partial charge in [-0.1, -0.05) is 18.2 Å². The molecule has 1 aromatic carbocycles. The van der Waals surface area contributed by atoms with Gasteiger partial charge in [-0.2, -0.15) is 0 Å². The molecule has 2 aliphatic rings. The molecule has 0 N–H and O–H groups in total. The highest BCUT2D eigenvalue weighted by atomic mass is 16.5. The van der Waals surface area contributed by atoms with Crippen molar-refractivity contribution < 1.29 is 23.7 Å². The zero-order chi connectivity index (χ0) is 20.6. The minimum absolute atomic E-state index is 0.0930. The van der Waals surface area contributed by atoms with Crippen LogP contribution in [0.5, 0.6) is 17.4 Å². The summed E-state index contributed by atoms with van der Waals surface area (Å²) in [5.74, 6) is 1.80. The van der Waals surface area contributed by atoms with E-state index in [4.69, 9.17) is 18.9 Å². The minimum Gasteiger partial charge on any atom is -0.487 e. The smallest absolute Gasteiger partial charge is 0.224 e. The normalized spacial score (nSPS) is 19.9. The van der Waals surface area contributed by atoms with Crippen LogP contribution in [0.1, 0.15) is 31.2 Å². The Morgan fingerprint density at radius 1 is 1.07 bits per heavy atom. The molecule has 7 nitrogen and oxygen atoms in total. The van der Waals surface area contributed by atoms with Crippen molar-refractivity contribution in [2.45, 2.75) is 38.3 Å². The van der Waals surface area contributed by atoms with E-state index in [1.807, 2.05) is 41.3 Å². The van der Waals surface area contributed by atoms with Crippen molar-refractivity contribution in [1.82, 2.24) is 9.88 Å². The van der Waals surface area contributed by atoms with E-state index in [0.717, 1.165) is 31.4 Å². The van der Waals surface area contributed by atoms with Crippen molar-refractivity contribution in [3.05, 3.63) is 48.2 Å². The van der Waals surface area contributed by atoms with Gasteiger partial charge in [-0.15, -0.1) is 0 Å². The van der Waals surface area contributed by atoms with Crippen molar-refractivity contribution in [2.75, 3.05) is 33.0 Å². The molecule has 0 spiro atoms. The maximum atomic E-state index is 13.0.